The quantitative estimate of drug-likeness (QED) is 0.384. The van der Waals surface area contributed by atoms with E-state index in [0.717, 1.165) is 22.7 Å². The van der Waals surface area contributed by atoms with Crippen molar-refractivity contribution in [2.75, 3.05) is 23.8 Å². The van der Waals surface area contributed by atoms with Gasteiger partial charge in [-0.1, -0.05) is 6.07 Å². The number of carbonyl (C=O) groups is 4. The van der Waals surface area contributed by atoms with Gasteiger partial charge in [-0.05, 0) is 51.0 Å². The van der Waals surface area contributed by atoms with Crippen LogP contribution in [0.2, 0.25) is 0 Å². The Hall–Kier alpha value is -4.59. The molecular weight excluding hydrogens is 530 g/mol. The lowest BCUT2D eigenvalue weighted by molar-refractivity contribution is 0.0521. The number of hydrogen-bond donors (Lipinski definition) is 2. The first-order chi connectivity index (χ1) is 18.2. The highest BCUT2D eigenvalue weighted by Crippen LogP contribution is 2.34. The average molecular weight is 552 g/mol. The number of rotatable bonds is 8. The van der Waals surface area contributed by atoms with Crippen LogP contribution in [0.25, 0.3) is 0 Å². The van der Waals surface area contributed by atoms with Crippen LogP contribution in [0.15, 0.2) is 18.2 Å². The number of pyridine rings is 1. The van der Waals surface area contributed by atoms with Gasteiger partial charge in [-0.2, -0.15) is 10.5 Å². The first-order valence-corrected chi connectivity index (χ1v) is 12.8. The molecule has 0 saturated carbocycles. The number of anilines is 2. The van der Waals surface area contributed by atoms with Crippen molar-refractivity contribution in [3.63, 3.8) is 0 Å². The van der Waals surface area contributed by atoms with Gasteiger partial charge in [-0.15, -0.1) is 22.7 Å². The van der Waals surface area contributed by atoms with E-state index in [4.69, 9.17) is 9.47 Å². The summed E-state index contributed by atoms with van der Waals surface area (Å²) in [5, 5.41) is 24.5. The van der Waals surface area contributed by atoms with Gasteiger partial charge in [0.25, 0.3) is 11.8 Å². The third-order valence-electron chi connectivity index (χ3n) is 5.11. The largest absolute Gasteiger partial charge is 0.462 e. The fraction of sp³-hybridized carbons (Fsp3) is 0.240. The highest BCUT2D eigenvalue weighted by molar-refractivity contribution is 7.19. The van der Waals surface area contributed by atoms with Crippen molar-refractivity contribution in [3.05, 3.63) is 61.6 Å². The van der Waals surface area contributed by atoms with Crippen LogP contribution in [0.5, 0.6) is 0 Å². The number of aromatic nitrogens is 1. The summed E-state index contributed by atoms with van der Waals surface area (Å²) in [6.45, 7) is 6.78. The molecule has 0 aliphatic heterocycles. The van der Waals surface area contributed by atoms with Crippen LogP contribution in [0.1, 0.15) is 76.4 Å². The summed E-state index contributed by atoms with van der Waals surface area (Å²) in [6, 6.07) is 8.14. The van der Waals surface area contributed by atoms with Gasteiger partial charge in [-0.3, -0.25) is 9.59 Å². The number of nitrogens with zero attached hydrogens (tertiary/aromatic N) is 3. The lowest BCUT2D eigenvalue weighted by atomic mass is 10.1. The van der Waals surface area contributed by atoms with Gasteiger partial charge in [-0.25, -0.2) is 14.6 Å². The molecule has 0 bridgehead atoms. The molecule has 0 atom stereocenters. The minimum Gasteiger partial charge on any atom is -0.462 e. The summed E-state index contributed by atoms with van der Waals surface area (Å²) in [7, 11) is 0. The number of thiophene rings is 2. The van der Waals surface area contributed by atoms with E-state index in [-0.39, 0.29) is 55.5 Å². The van der Waals surface area contributed by atoms with Gasteiger partial charge in [0.2, 0.25) is 0 Å². The van der Waals surface area contributed by atoms with Gasteiger partial charge < -0.3 is 20.1 Å². The number of ether oxygens (including phenoxy) is 2. The minimum atomic E-state index is -0.706. The van der Waals surface area contributed by atoms with Crippen molar-refractivity contribution in [2.45, 2.75) is 27.7 Å². The Kier molecular flexibility index (Phi) is 8.91. The highest BCUT2D eigenvalue weighted by atomic mass is 32.1. The fourth-order valence-corrected chi connectivity index (χ4v) is 5.37. The van der Waals surface area contributed by atoms with Crippen LogP contribution >= 0.6 is 22.7 Å². The van der Waals surface area contributed by atoms with Crippen molar-refractivity contribution in [3.8, 4) is 12.1 Å². The van der Waals surface area contributed by atoms with Gasteiger partial charge in [0, 0.05) is 0 Å². The van der Waals surface area contributed by atoms with Gasteiger partial charge in [0.15, 0.2) is 0 Å². The molecule has 0 unspecified atom stereocenters. The zero-order chi connectivity index (χ0) is 28.0. The van der Waals surface area contributed by atoms with Crippen molar-refractivity contribution < 1.29 is 28.7 Å². The van der Waals surface area contributed by atoms with Gasteiger partial charge in [0.1, 0.15) is 43.3 Å². The number of nitriles is 2. The second-order valence-electron chi connectivity index (χ2n) is 7.50. The zero-order valence-electron chi connectivity index (χ0n) is 20.8. The summed E-state index contributed by atoms with van der Waals surface area (Å²) in [4.78, 5) is 54.6. The van der Waals surface area contributed by atoms with Crippen LogP contribution < -0.4 is 10.6 Å². The monoisotopic (exact) mass is 551 g/mol. The second-order valence-corrected chi connectivity index (χ2v) is 9.54. The van der Waals surface area contributed by atoms with Crippen molar-refractivity contribution >= 4 is 56.4 Å². The Labute approximate surface area is 225 Å². The van der Waals surface area contributed by atoms with E-state index < -0.39 is 23.8 Å². The van der Waals surface area contributed by atoms with Crippen molar-refractivity contribution in [1.82, 2.24) is 4.98 Å². The summed E-state index contributed by atoms with van der Waals surface area (Å²) in [5.41, 5.74) is 0.758. The predicted octanol–water partition coefficient (Wildman–Crippen LogP) is 4.42. The maximum Gasteiger partial charge on any atom is 0.348 e. The van der Waals surface area contributed by atoms with E-state index in [2.05, 4.69) is 15.6 Å². The summed E-state index contributed by atoms with van der Waals surface area (Å²) < 4.78 is 10.0. The number of hydrogen-bond acceptors (Lipinski definition) is 11. The molecular formula is C25H21N5O6S2. The zero-order valence-corrected chi connectivity index (χ0v) is 22.4. The smallest absolute Gasteiger partial charge is 0.348 e. The van der Waals surface area contributed by atoms with Crippen LogP contribution in [0.4, 0.5) is 10.0 Å². The number of amides is 2. The van der Waals surface area contributed by atoms with E-state index in [0.29, 0.717) is 11.1 Å². The SMILES string of the molecule is CCOC(=O)c1sc(NC(=O)c2cccc(C(=O)Nc3sc(C(=O)OCC)c(C)c3C#N)n2)c(C#N)c1C. The predicted molar refractivity (Wildman–Crippen MR) is 140 cm³/mol. The normalized spacial score (nSPS) is 10.2. The average Bonchev–Trinajstić information content (AvgIpc) is 3.39. The van der Waals surface area contributed by atoms with E-state index >= 15 is 0 Å². The maximum atomic E-state index is 12.9. The minimum absolute atomic E-state index is 0.120. The Balaban J connectivity index is 1.84. The molecule has 3 aromatic rings. The van der Waals surface area contributed by atoms with E-state index in [1.807, 2.05) is 12.1 Å². The number of nitrogens with one attached hydrogen (secondary N) is 2. The van der Waals surface area contributed by atoms with Crippen molar-refractivity contribution in [1.29, 1.82) is 10.5 Å². The first-order valence-electron chi connectivity index (χ1n) is 11.2. The maximum absolute atomic E-state index is 12.9. The Morgan fingerprint density at radius 3 is 1.55 bits per heavy atom. The Morgan fingerprint density at radius 2 is 1.21 bits per heavy atom. The number of carbonyl (C=O) groups excluding carboxylic acids is 4. The van der Waals surface area contributed by atoms with Gasteiger partial charge in [0.05, 0.1) is 24.3 Å². The third kappa shape index (κ3) is 5.70. The molecule has 2 N–H and O–H groups in total. The number of esters is 2. The highest BCUT2D eigenvalue weighted by Gasteiger charge is 2.25. The van der Waals surface area contributed by atoms with E-state index in [1.165, 1.54) is 18.2 Å². The molecule has 0 aliphatic rings. The molecule has 0 radical (unpaired) electrons. The standard InChI is InChI=1S/C25H21N5O6S2/c1-5-35-24(33)18-12(3)14(10-26)22(37-18)29-20(31)16-8-7-9-17(28-16)21(32)30-23-15(11-27)13(4)19(38-23)25(34)36-6-2/h7-9H,5-6H2,1-4H3,(H,29,31)(H,30,32). The molecule has 0 fully saturated rings. The molecule has 3 aromatic heterocycles. The van der Waals surface area contributed by atoms with E-state index in [1.54, 1.807) is 27.7 Å². The van der Waals surface area contributed by atoms with E-state index in [9.17, 15) is 29.7 Å². The van der Waals surface area contributed by atoms with Crippen LogP contribution in [-0.4, -0.2) is 42.0 Å². The first kappa shape index (κ1) is 28.0. The Morgan fingerprint density at radius 1 is 0.816 bits per heavy atom. The van der Waals surface area contributed by atoms with Gasteiger partial charge >= 0.3 is 11.9 Å². The molecule has 38 heavy (non-hydrogen) atoms. The molecule has 0 aromatic carbocycles. The lowest BCUT2D eigenvalue weighted by Crippen LogP contribution is -2.18. The molecule has 3 rings (SSSR count). The molecule has 194 valence electrons. The molecule has 3 heterocycles. The topological polar surface area (TPSA) is 171 Å². The lowest BCUT2D eigenvalue weighted by Gasteiger charge is -2.06. The van der Waals surface area contributed by atoms with Crippen molar-refractivity contribution in [2.24, 2.45) is 0 Å². The molecule has 11 nitrogen and oxygen atoms in total. The summed E-state index contributed by atoms with van der Waals surface area (Å²) in [5.74, 6) is -2.62. The van der Waals surface area contributed by atoms with Crippen LogP contribution in [0, 0.1) is 36.5 Å². The second kappa shape index (κ2) is 12.1. The third-order valence-corrected chi connectivity index (χ3v) is 7.48. The molecule has 0 saturated heterocycles. The van der Waals surface area contributed by atoms with Crippen LogP contribution in [-0.2, 0) is 9.47 Å². The Bertz CT molecular complexity index is 1420. The molecule has 0 aliphatic carbocycles. The molecule has 13 heteroatoms. The fourth-order valence-electron chi connectivity index (χ4n) is 3.28. The van der Waals surface area contributed by atoms with Crippen LogP contribution in [0.3, 0.4) is 0 Å². The summed E-state index contributed by atoms with van der Waals surface area (Å²) >= 11 is 1.81. The molecule has 2 amide bonds. The molecule has 0 spiro atoms. The summed E-state index contributed by atoms with van der Waals surface area (Å²) in [6.07, 6.45) is 0.